The van der Waals surface area contributed by atoms with E-state index in [9.17, 15) is 4.79 Å². The van der Waals surface area contributed by atoms with Crippen LogP contribution in [0.4, 0.5) is 0 Å². The van der Waals surface area contributed by atoms with E-state index >= 15 is 0 Å². The van der Waals surface area contributed by atoms with Crippen LogP contribution in [-0.2, 0) is 4.79 Å². The Bertz CT molecular complexity index is 915. The predicted octanol–water partition coefficient (Wildman–Crippen LogP) is 3.38. The van der Waals surface area contributed by atoms with Gasteiger partial charge >= 0.3 is 0 Å². The molecule has 1 aromatic carbocycles. The van der Waals surface area contributed by atoms with E-state index in [0.717, 1.165) is 5.69 Å². The first-order valence-corrected chi connectivity index (χ1v) is 9.55. The lowest BCUT2D eigenvalue weighted by molar-refractivity contribution is -0.128. The summed E-state index contributed by atoms with van der Waals surface area (Å²) in [6.45, 7) is 2.92. The van der Waals surface area contributed by atoms with Gasteiger partial charge in [0.05, 0.1) is 24.5 Å². The van der Waals surface area contributed by atoms with Crippen LogP contribution in [0.2, 0.25) is 0 Å². The SMILES string of the molecule is CCN(CCC#N)C(=O)CSc1nnc(-c2ccco2)n1-c1ccccc1. The molecule has 27 heavy (non-hydrogen) atoms. The van der Waals surface area contributed by atoms with E-state index in [1.807, 2.05) is 47.9 Å². The van der Waals surface area contributed by atoms with E-state index in [2.05, 4.69) is 16.3 Å². The molecule has 0 aliphatic carbocycles. The van der Waals surface area contributed by atoms with Crippen molar-refractivity contribution >= 4 is 17.7 Å². The number of benzene rings is 1. The molecule has 3 rings (SSSR count). The predicted molar refractivity (Wildman–Crippen MR) is 102 cm³/mol. The smallest absolute Gasteiger partial charge is 0.233 e. The van der Waals surface area contributed by atoms with Crippen LogP contribution in [0.25, 0.3) is 17.3 Å². The lowest BCUT2D eigenvalue weighted by atomic mass is 10.3. The minimum absolute atomic E-state index is 0.0279. The molecule has 0 N–H and O–H groups in total. The van der Waals surface area contributed by atoms with Crippen molar-refractivity contribution in [2.24, 2.45) is 0 Å². The largest absolute Gasteiger partial charge is 0.461 e. The molecule has 0 fully saturated rings. The highest BCUT2D eigenvalue weighted by Gasteiger charge is 2.20. The van der Waals surface area contributed by atoms with Crippen molar-refractivity contribution in [3.63, 3.8) is 0 Å². The molecule has 0 aliphatic rings. The molecule has 0 spiro atoms. The molecule has 0 bridgehead atoms. The second kappa shape index (κ2) is 9.05. The van der Waals surface area contributed by atoms with Gasteiger partial charge in [0.25, 0.3) is 0 Å². The Labute approximate surface area is 161 Å². The van der Waals surface area contributed by atoms with Crippen LogP contribution in [-0.4, -0.2) is 44.4 Å². The Morgan fingerprint density at radius 1 is 1.26 bits per heavy atom. The maximum Gasteiger partial charge on any atom is 0.233 e. The molecule has 0 aliphatic heterocycles. The Kier molecular flexibility index (Phi) is 6.28. The number of aromatic nitrogens is 3. The second-order valence-corrected chi connectivity index (χ2v) is 6.57. The van der Waals surface area contributed by atoms with Crippen LogP contribution in [0.5, 0.6) is 0 Å². The van der Waals surface area contributed by atoms with Gasteiger partial charge in [0.2, 0.25) is 11.7 Å². The molecule has 1 amide bonds. The van der Waals surface area contributed by atoms with E-state index in [4.69, 9.17) is 9.68 Å². The minimum atomic E-state index is -0.0279. The van der Waals surface area contributed by atoms with Gasteiger partial charge in [-0.15, -0.1) is 10.2 Å². The fourth-order valence-electron chi connectivity index (χ4n) is 2.60. The highest BCUT2D eigenvalue weighted by atomic mass is 32.2. The molecule has 8 heteroatoms. The summed E-state index contributed by atoms with van der Waals surface area (Å²) in [5.74, 6) is 1.38. The van der Waals surface area contributed by atoms with Crippen LogP contribution < -0.4 is 0 Å². The zero-order valence-corrected chi connectivity index (χ0v) is 15.7. The average Bonchev–Trinajstić information content (AvgIpc) is 3.37. The van der Waals surface area contributed by atoms with Crippen LogP contribution in [0.1, 0.15) is 13.3 Å². The van der Waals surface area contributed by atoms with E-state index in [-0.39, 0.29) is 11.7 Å². The third-order valence-electron chi connectivity index (χ3n) is 3.94. The number of nitrogens with zero attached hydrogens (tertiary/aromatic N) is 5. The summed E-state index contributed by atoms with van der Waals surface area (Å²) in [5, 5.41) is 17.9. The fourth-order valence-corrected chi connectivity index (χ4v) is 3.46. The number of para-hydroxylation sites is 1. The first kappa shape index (κ1) is 18.7. The number of nitriles is 1. The van der Waals surface area contributed by atoms with Gasteiger partial charge in [-0.1, -0.05) is 30.0 Å². The molecule has 3 aromatic rings. The Morgan fingerprint density at radius 2 is 2.07 bits per heavy atom. The summed E-state index contributed by atoms with van der Waals surface area (Å²) < 4.78 is 7.36. The van der Waals surface area contributed by atoms with Crippen molar-refractivity contribution in [3.8, 4) is 23.3 Å². The maximum atomic E-state index is 12.5. The van der Waals surface area contributed by atoms with Gasteiger partial charge in [-0.25, -0.2) is 0 Å². The summed E-state index contributed by atoms with van der Waals surface area (Å²) in [5.41, 5.74) is 0.890. The van der Waals surface area contributed by atoms with Crippen LogP contribution in [0.3, 0.4) is 0 Å². The van der Waals surface area contributed by atoms with Crippen molar-refractivity contribution < 1.29 is 9.21 Å². The molecule has 0 radical (unpaired) electrons. The van der Waals surface area contributed by atoms with Crippen LogP contribution >= 0.6 is 11.8 Å². The molecular weight excluding hydrogens is 362 g/mol. The van der Waals surface area contributed by atoms with Crippen molar-refractivity contribution in [2.45, 2.75) is 18.5 Å². The molecule has 138 valence electrons. The molecule has 2 heterocycles. The van der Waals surface area contributed by atoms with Gasteiger partial charge in [0.15, 0.2) is 10.9 Å². The molecule has 7 nitrogen and oxygen atoms in total. The maximum absolute atomic E-state index is 12.5. The standard InChI is InChI=1S/C19H19N5O2S/c1-2-23(12-7-11-20)17(25)14-27-19-22-21-18(16-10-6-13-26-16)24(19)15-8-4-3-5-9-15/h3-6,8-10,13H,2,7,12,14H2,1H3. The second-order valence-electron chi connectivity index (χ2n) is 5.62. The zero-order chi connectivity index (χ0) is 19.1. The number of rotatable bonds is 8. The van der Waals surface area contributed by atoms with Crippen molar-refractivity contribution in [1.82, 2.24) is 19.7 Å². The lowest BCUT2D eigenvalue weighted by Crippen LogP contribution is -2.33. The number of hydrogen-bond donors (Lipinski definition) is 0. The van der Waals surface area contributed by atoms with Crippen molar-refractivity contribution in [3.05, 3.63) is 48.7 Å². The van der Waals surface area contributed by atoms with E-state index in [1.54, 1.807) is 17.2 Å². The molecule has 0 saturated carbocycles. The number of thioether (sulfide) groups is 1. The van der Waals surface area contributed by atoms with Gasteiger partial charge in [0, 0.05) is 18.8 Å². The van der Waals surface area contributed by atoms with Gasteiger partial charge in [-0.05, 0) is 31.2 Å². The third kappa shape index (κ3) is 4.38. The number of carbonyl (C=O) groups excluding carboxylic acids is 1. The van der Waals surface area contributed by atoms with Gasteiger partial charge in [-0.2, -0.15) is 5.26 Å². The van der Waals surface area contributed by atoms with E-state index < -0.39 is 0 Å². The molecule has 0 atom stereocenters. The third-order valence-corrected chi connectivity index (χ3v) is 4.86. The minimum Gasteiger partial charge on any atom is -0.461 e. The molecule has 2 aromatic heterocycles. The highest BCUT2D eigenvalue weighted by Crippen LogP contribution is 2.28. The summed E-state index contributed by atoms with van der Waals surface area (Å²) in [6.07, 6.45) is 1.91. The fraction of sp³-hybridized carbons (Fsp3) is 0.263. The Balaban J connectivity index is 1.84. The number of carbonyl (C=O) groups is 1. The van der Waals surface area contributed by atoms with Gasteiger partial charge in [0.1, 0.15) is 0 Å². The lowest BCUT2D eigenvalue weighted by Gasteiger charge is -2.19. The average molecular weight is 381 g/mol. The summed E-state index contributed by atoms with van der Waals surface area (Å²) in [7, 11) is 0. The first-order valence-electron chi connectivity index (χ1n) is 8.56. The summed E-state index contributed by atoms with van der Waals surface area (Å²) in [6, 6.07) is 15.4. The van der Waals surface area contributed by atoms with Crippen molar-refractivity contribution in [2.75, 3.05) is 18.8 Å². The van der Waals surface area contributed by atoms with Crippen LogP contribution in [0.15, 0.2) is 58.3 Å². The zero-order valence-electron chi connectivity index (χ0n) is 14.9. The quantitative estimate of drug-likeness (QED) is 0.556. The molecule has 0 unspecified atom stereocenters. The highest BCUT2D eigenvalue weighted by molar-refractivity contribution is 7.99. The van der Waals surface area contributed by atoms with Crippen molar-refractivity contribution in [1.29, 1.82) is 5.26 Å². The first-order chi connectivity index (χ1) is 13.2. The topological polar surface area (TPSA) is 87.9 Å². The van der Waals surface area contributed by atoms with Gasteiger partial charge in [-0.3, -0.25) is 9.36 Å². The Hall–Kier alpha value is -3.05. The monoisotopic (exact) mass is 381 g/mol. The summed E-state index contributed by atoms with van der Waals surface area (Å²) in [4.78, 5) is 14.1. The molecular formula is C19H19N5O2S. The normalized spacial score (nSPS) is 10.5. The number of furan rings is 1. The van der Waals surface area contributed by atoms with E-state index in [0.29, 0.717) is 36.3 Å². The van der Waals surface area contributed by atoms with E-state index in [1.165, 1.54) is 11.8 Å². The van der Waals surface area contributed by atoms with Crippen LogP contribution in [0, 0.1) is 11.3 Å². The van der Waals surface area contributed by atoms with Gasteiger partial charge < -0.3 is 9.32 Å². The Morgan fingerprint density at radius 3 is 2.74 bits per heavy atom. The number of amides is 1. The number of hydrogen-bond acceptors (Lipinski definition) is 6. The molecule has 0 saturated heterocycles. The summed E-state index contributed by atoms with van der Waals surface area (Å²) >= 11 is 1.32.